The van der Waals surface area contributed by atoms with Gasteiger partial charge in [-0.15, -0.1) is 0 Å². The zero-order chi connectivity index (χ0) is 9.30. The van der Waals surface area contributed by atoms with Gasteiger partial charge < -0.3 is 10.2 Å². The fourth-order valence-corrected chi connectivity index (χ4v) is 1.36. The molecule has 0 spiro atoms. The van der Waals surface area contributed by atoms with E-state index in [-0.39, 0.29) is 6.03 Å². The van der Waals surface area contributed by atoms with Crippen LogP contribution in [0.5, 0.6) is 0 Å². The molecule has 1 saturated heterocycles. The normalized spacial score (nSPS) is 30.2. The van der Waals surface area contributed by atoms with Crippen LogP contribution in [0.3, 0.4) is 0 Å². The highest BCUT2D eigenvalue weighted by atomic mass is 16.4. The van der Waals surface area contributed by atoms with Gasteiger partial charge in [0.15, 0.2) is 12.5 Å². The Morgan fingerprint density at radius 2 is 1.50 bits per heavy atom. The summed E-state index contributed by atoms with van der Waals surface area (Å²) >= 11 is 0. The lowest BCUT2D eigenvalue weighted by Gasteiger charge is -2.16. The zero-order valence-corrected chi connectivity index (χ0v) is 7.27. The number of hydrogen-bond acceptors (Lipinski definition) is 3. The topological polar surface area (TPSA) is 64.0 Å². The van der Waals surface area contributed by atoms with Crippen molar-refractivity contribution in [1.82, 2.24) is 9.80 Å². The van der Waals surface area contributed by atoms with Gasteiger partial charge >= 0.3 is 6.03 Å². The summed E-state index contributed by atoms with van der Waals surface area (Å²) in [5, 5.41) is 18.7. The van der Waals surface area contributed by atoms with E-state index >= 15 is 0 Å². The summed E-state index contributed by atoms with van der Waals surface area (Å²) in [7, 11) is 0. The molecule has 0 aromatic carbocycles. The van der Waals surface area contributed by atoms with Gasteiger partial charge in [-0.2, -0.15) is 0 Å². The number of rotatable bonds is 2. The molecule has 0 aromatic heterocycles. The van der Waals surface area contributed by atoms with E-state index < -0.39 is 12.5 Å². The lowest BCUT2D eigenvalue weighted by atomic mass is 10.4. The van der Waals surface area contributed by atoms with Gasteiger partial charge in [0.25, 0.3) is 0 Å². The largest absolute Gasteiger partial charge is 0.369 e. The highest BCUT2D eigenvalue weighted by Crippen LogP contribution is 2.18. The maximum Gasteiger partial charge on any atom is 0.324 e. The van der Waals surface area contributed by atoms with Gasteiger partial charge in [-0.1, -0.05) is 0 Å². The summed E-state index contributed by atoms with van der Waals surface area (Å²) in [5.41, 5.74) is 0. The molecule has 2 amide bonds. The predicted octanol–water partition coefficient (Wildman–Crippen LogP) is -0.599. The lowest BCUT2D eigenvalue weighted by molar-refractivity contribution is -0.0639. The van der Waals surface area contributed by atoms with Gasteiger partial charge in [0, 0.05) is 13.1 Å². The van der Waals surface area contributed by atoms with Crippen molar-refractivity contribution in [3.05, 3.63) is 0 Å². The van der Waals surface area contributed by atoms with Crippen molar-refractivity contribution in [2.75, 3.05) is 13.1 Å². The van der Waals surface area contributed by atoms with Crippen LogP contribution in [0.15, 0.2) is 0 Å². The fourth-order valence-electron chi connectivity index (χ4n) is 1.36. The number of carbonyl (C=O) groups excluding carboxylic acids is 1. The molecular formula is C7H14N2O3. The van der Waals surface area contributed by atoms with Gasteiger partial charge in [-0.05, 0) is 13.8 Å². The fraction of sp³-hybridized carbons (Fsp3) is 0.857. The summed E-state index contributed by atoms with van der Waals surface area (Å²) in [6.07, 6.45) is -2.16. The van der Waals surface area contributed by atoms with E-state index in [4.69, 9.17) is 0 Å². The standard InChI is InChI=1S/C7H14N2O3/c1-3-8-5(10)6(11)9(4-2)7(8)12/h5-6,10-11H,3-4H2,1-2H3/t5-,6-/m1/s1. The second kappa shape index (κ2) is 3.28. The number of nitrogens with zero attached hydrogens (tertiary/aromatic N) is 2. The van der Waals surface area contributed by atoms with Crippen LogP contribution in [0.2, 0.25) is 0 Å². The van der Waals surface area contributed by atoms with Crippen LogP contribution in [-0.4, -0.2) is 51.6 Å². The van der Waals surface area contributed by atoms with Crippen LogP contribution in [-0.2, 0) is 0 Å². The van der Waals surface area contributed by atoms with Crippen LogP contribution < -0.4 is 0 Å². The van der Waals surface area contributed by atoms with Crippen molar-refractivity contribution >= 4 is 6.03 Å². The van der Waals surface area contributed by atoms with E-state index in [1.54, 1.807) is 13.8 Å². The third kappa shape index (κ3) is 1.15. The molecule has 0 radical (unpaired) electrons. The van der Waals surface area contributed by atoms with Crippen molar-refractivity contribution in [3.63, 3.8) is 0 Å². The number of urea groups is 1. The average Bonchev–Trinajstić information content (AvgIpc) is 2.25. The maximum absolute atomic E-state index is 11.3. The number of hydrogen-bond donors (Lipinski definition) is 2. The predicted molar refractivity (Wildman–Crippen MR) is 42.2 cm³/mol. The van der Waals surface area contributed by atoms with Gasteiger partial charge in [-0.25, -0.2) is 4.79 Å². The number of aliphatic hydroxyl groups is 2. The summed E-state index contributed by atoms with van der Waals surface area (Å²) in [6.45, 7) is 4.33. The van der Waals surface area contributed by atoms with Crippen LogP contribution in [0.1, 0.15) is 13.8 Å². The minimum absolute atomic E-state index is 0.306. The molecule has 1 fully saturated rings. The molecule has 2 atom stereocenters. The van der Waals surface area contributed by atoms with Crippen molar-refractivity contribution in [2.24, 2.45) is 0 Å². The van der Waals surface area contributed by atoms with E-state index in [1.807, 2.05) is 0 Å². The molecule has 2 N–H and O–H groups in total. The number of carbonyl (C=O) groups is 1. The number of aliphatic hydroxyl groups excluding tert-OH is 2. The smallest absolute Gasteiger partial charge is 0.324 e. The summed E-state index contributed by atoms with van der Waals surface area (Å²) < 4.78 is 0. The van der Waals surface area contributed by atoms with E-state index in [1.165, 1.54) is 9.80 Å². The van der Waals surface area contributed by atoms with Gasteiger partial charge in [0.05, 0.1) is 0 Å². The van der Waals surface area contributed by atoms with E-state index in [0.29, 0.717) is 13.1 Å². The number of likely N-dealkylation sites (N-methyl/N-ethyl adjacent to an activating group) is 2. The Kier molecular flexibility index (Phi) is 2.54. The lowest BCUT2D eigenvalue weighted by Crippen LogP contribution is -2.36. The molecule has 5 heteroatoms. The maximum atomic E-state index is 11.3. The second-order valence-electron chi connectivity index (χ2n) is 2.68. The minimum Gasteiger partial charge on any atom is -0.369 e. The first-order valence-corrected chi connectivity index (χ1v) is 4.06. The molecule has 5 nitrogen and oxygen atoms in total. The molecule has 1 heterocycles. The Morgan fingerprint density at radius 3 is 1.67 bits per heavy atom. The Labute approximate surface area is 71.2 Å². The summed E-state index contributed by atoms with van der Waals surface area (Å²) in [4.78, 5) is 13.8. The molecule has 0 saturated carbocycles. The zero-order valence-electron chi connectivity index (χ0n) is 7.27. The van der Waals surface area contributed by atoms with Gasteiger partial charge in [-0.3, -0.25) is 9.80 Å². The summed E-state index contributed by atoms with van der Waals surface area (Å²) in [5.74, 6) is 0. The summed E-state index contributed by atoms with van der Waals surface area (Å²) in [6, 6.07) is -0.306. The molecule has 0 aliphatic carbocycles. The molecule has 0 bridgehead atoms. The molecule has 1 rings (SSSR count). The molecule has 1 aliphatic rings. The molecule has 0 aromatic rings. The SMILES string of the molecule is CCN1C(=O)N(CC)[C@H](O)[C@H]1O. The van der Waals surface area contributed by atoms with Crippen molar-refractivity contribution in [2.45, 2.75) is 26.3 Å². The molecule has 70 valence electrons. The van der Waals surface area contributed by atoms with E-state index in [0.717, 1.165) is 0 Å². The van der Waals surface area contributed by atoms with Gasteiger partial charge in [0.1, 0.15) is 0 Å². The van der Waals surface area contributed by atoms with Crippen LogP contribution in [0.25, 0.3) is 0 Å². The van der Waals surface area contributed by atoms with Gasteiger partial charge in [0.2, 0.25) is 0 Å². The molecule has 1 aliphatic heterocycles. The Morgan fingerprint density at radius 1 is 1.17 bits per heavy atom. The quantitative estimate of drug-likeness (QED) is 0.587. The highest BCUT2D eigenvalue weighted by molar-refractivity contribution is 5.77. The first-order chi connectivity index (χ1) is 5.63. The second-order valence-corrected chi connectivity index (χ2v) is 2.68. The van der Waals surface area contributed by atoms with Crippen LogP contribution >= 0.6 is 0 Å². The average molecular weight is 174 g/mol. The molecule has 12 heavy (non-hydrogen) atoms. The van der Waals surface area contributed by atoms with Crippen molar-refractivity contribution < 1.29 is 15.0 Å². The monoisotopic (exact) mass is 174 g/mol. The minimum atomic E-state index is -1.08. The van der Waals surface area contributed by atoms with Crippen molar-refractivity contribution in [3.8, 4) is 0 Å². The van der Waals surface area contributed by atoms with Crippen molar-refractivity contribution in [1.29, 1.82) is 0 Å². The first kappa shape index (κ1) is 9.28. The third-order valence-corrected chi connectivity index (χ3v) is 2.08. The van der Waals surface area contributed by atoms with Crippen LogP contribution in [0, 0.1) is 0 Å². The highest BCUT2D eigenvalue weighted by Gasteiger charge is 2.41. The Bertz CT molecular complexity index is 167. The van der Waals surface area contributed by atoms with E-state index in [9.17, 15) is 15.0 Å². The third-order valence-electron chi connectivity index (χ3n) is 2.08. The Balaban J connectivity index is 2.78. The first-order valence-electron chi connectivity index (χ1n) is 4.06. The van der Waals surface area contributed by atoms with E-state index in [2.05, 4.69) is 0 Å². The molecular weight excluding hydrogens is 160 g/mol. The number of amides is 2. The Hall–Kier alpha value is -0.810. The molecule has 0 unspecified atom stereocenters. The van der Waals surface area contributed by atoms with Crippen LogP contribution in [0.4, 0.5) is 4.79 Å².